The predicted octanol–water partition coefficient (Wildman–Crippen LogP) is 3.42. The molecular formula is C21H29IN4O2. The van der Waals surface area contributed by atoms with Crippen LogP contribution < -0.4 is 15.8 Å². The lowest BCUT2D eigenvalue weighted by molar-refractivity contribution is 0.0180. The molecule has 7 heteroatoms. The number of guanidine groups is 1. The Kier molecular flexibility index (Phi) is 9.01. The monoisotopic (exact) mass is 496 g/mol. The van der Waals surface area contributed by atoms with Crippen molar-refractivity contribution in [3.8, 4) is 5.75 Å². The van der Waals surface area contributed by atoms with Crippen molar-refractivity contribution in [1.82, 2.24) is 4.90 Å². The Hall–Kier alpha value is -1.84. The molecule has 1 unspecified atom stereocenters. The number of morpholine rings is 1. The number of rotatable bonds is 6. The molecule has 0 bridgehead atoms. The number of hydrogen-bond acceptors (Lipinski definition) is 4. The van der Waals surface area contributed by atoms with Gasteiger partial charge in [0, 0.05) is 13.1 Å². The fraction of sp³-hybridized carbons (Fsp3) is 0.381. The molecule has 3 rings (SSSR count). The largest absolute Gasteiger partial charge is 0.495 e. The highest BCUT2D eigenvalue weighted by atomic mass is 127. The maximum atomic E-state index is 6.16. The molecule has 2 aromatic carbocycles. The van der Waals surface area contributed by atoms with E-state index in [1.54, 1.807) is 7.11 Å². The molecule has 1 fully saturated rings. The molecule has 1 saturated heterocycles. The summed E-state index contributed by atoms with van der Waals surface area (Å²) in [5.41, 5.74) is 9.46. The summed E-state index contributed by atoms with van der Waals surface area (Å²) in [4.78, 5) is 7.04. The Labute approximate surface area is 184 Å². The summed E-state index contributed by atoms with van der Waals surface area (Å²) in [6.45, 7) is 5.99. The van der Waals surface area contributed by atoms with Crippen molar-refractivity contribution in [2.75, 3.05) is 45.3 Å². The summed E-state index contributed by atoms with van der Waals surface area (Å²) in [6.07, 6.45) is 0. The zero-order valence-corrected chi connectivity index (χ0v) is 18.8. The molecule has 1 heterocycles. The maximum Gasteiger partial charge on any atom is 0.193 e. The van der Waals surface area contributed by atoms with Crippen molar-refractivity contribution in [1.29, 1.82) is 0 Å². The number of nitrogens with zero attached hydrogens (tertiary/aromatic N) is 2. The zero-order chi connectivity index (χ0) is 19.1. The molecule has 0 spiro atoms. The second-order valence-corrected chi connectivity index (χ2v) is 6.63. The molecule has 2 aromatic rings. The first-order valence-corrected chi connectivity index (χ1v) is 9.25. The molecule has 152 valence electrons. The van der Waals surface area contributed by atoms with Crippen LogP contribution in [0.15, 0.2) is 53.5 Å². The standard InChI is InChI=1S/C21H28N4O2.HI/c1-16-6-5-7-17(14-16)19(25-10-12-27-13-11-25)15-23-21(22)24-18-8-3-4-9-20(18)26-2;/h3-9,14,19H,10-13,15H2,1-2H3,(H3,22,23,24);1H. The molecule has 0 amide bonds. The SMILES string of the molecule is COc1ccccc1NC(N)=NCC(c1cccc(C)c1)N1CCOCC1.I. The van der Waals surface area contributed by atoms with Gasteiger partial charge in [-0.15, -0.1) is 24.0 Å². The number of aryl methyl sites for hydroxylation is 1. The van der Waals surface area contributed by atoms with Crippen LogP contribution in [-0.4, -0.2) is 50.8 Å². The van der Waals surface area contributed by atoms with E-state index in [4.69, 9.17) is 15.2 Å². The molecule has 0 radical (unpaired) electrons. The highest BCUT2D eigenvalue weighted by molar-refractivity contribution is 14.0. The molecule has 1 aliphatic heterocycles. The average Bonchev–Trinajstić information content (AvgIpc) is 2.69. The first kappa shape index (κ1) is 22.4. The normalized spacial score (nSPS) is 16.1. The van der Waals surface area contributed by atoms with E-state index in [1.807, 2.05) is 24.3 Å². The lowest BCUT2D eigenvalue weighted by Crippen LogP contribution is -2.40. The second kappa shape index (κ2) is 11.2. The van der Waals surface area contributed by atoms with E-state index >= 15 is 0 Å². The molecule has 0 aromatic heterocycles. The average molecular weight is 496 g/mol. The Bertz CT molecular complexity index is 779. The summed E-state index contributed by atoms with van der Waals surface area (Å²) < 4.78 is 10.9. The van der Waals surface area contributed by atoms with Crippen LogP contribution >= 0.6 is 24.0 Å². The number of para-hydroxylation sites is 2. The van der Waals surface area contributed by atoms with Gasteiger partial charge < -0.3 is 20.5 Å². The number of anilines is 1. The van der Waals surface area contributed by atoms with E-state index in [-0.39, 0.29) is 30.0 Å². The molecule has 0 saturated carbocycles. The number of benzene rings is 2. The van der Waals surface area contributed by atoms with Crippen LogP contribution in [0, 0.1) is 6.92 Å². The third-order valence-electron chi connectivity index (χ3n) is 4.72. The number of nitrogens with one attached hydrogen (secondary N) is 1. The van der Waals surface area contributed by atoms with Gasteiger partial charge in [-0.05, 0) is 24.6 Å². The highest BCUT2D eigenvalue weighted by Crippen LogP contribution is 2.24. The maximum absolute atomic E-state index is 6.16. The van der Waals surface area contributed by atoms with Crippen LogP contribution in [-0.2, 0) is 4.74 Å². The smallest absolute Gasteiger partial charge is 0.193 e. The topological polar surface area (TPSA) is 72.1 Å². The highest BCUT2D eigenvalue weighted by Gasteiger charge is 2.22. The van der Waals surface area contributed by atoms with Crippen LogP contribution in [0.25, 0.3) is 0 Å². The van der Waals surface area contributed by atoms with Crippen LogP contribution in [0.3, 0.4) is 0 Å². The summed E-state index contributed by atoms with van der Waals surface area (Å²) in [5.74, 6) is 1.12. The Morgan fingerprint density at radius 3 is 2.68 bits per heavy atom. The van der Waals surface area contributed by atoms with Gasteiger partial charge >= 0.3 is 0 Å². The minimum Gasteiger partial charge on any atom is -0.495 e. The molecular weight excluding hydrogens is 467 g/mol. The third-order valence-corrected chi connectivity index (χ3v) is 4.72. The van der Waals surface area contributed by atoms with Crippen LogP contribution in [0.5, 0.6) is 5.75 Å². The van der Waals surface area contributed by atoms with E-state index < -0.39 is 0 Å². The first-order valence-electron chi connectivity index (χ1n) is 9.25. The third kappa shape index (κ3) is 6.08. The Morgan fingerprint density at radius 1 is 1.21 bits per heavy atom. The summed E-state index contributed by atoms with van der Waals surface area (Å²) >= 11 is 0. The van der Waals surface area contributed by atoms with Gasteiger partial charge in [-0.2, -0.15) is 0 Å². The van der Waals surface area contributed by atoms with Gasteiger partial charge in [-0.1, -0.05) is 42.0 Å². The van der Waals surface area contributed by atoms with Gasteiger partial charge in [-0.3, -0.25) is 9.89 Å². The number of ether oxygens (including phenoxy) is 2. The quantitative estimate of drug-likeness (QED) is 0.365. The van der Waals surface area contributed by atoms with Crippen molar-refractivity contribution in [2.45, 2.75) is 13.0 Å². The van der Waals surface area contributed by atoms with Gasteiger partial charge in [-0.25, -0.2) is 0 Å². The van der Waals surface area contributed by atoms with Crippen molar-refractivity contribution >= 4 is 35.6 Å². The van der Waals surface area contributed by atoms with Crippen molar-refractivity contribution in [2.24, 2.45) is 10.7 Å². The first-order chi connectivity index (χ1) is 13.2. The zero-order valence-electron chi connectivity index (χ0n) is 16.4. The fourth-order valence-electron chi connectivity index (χ4n) is 3.31. The van der Waals surface area contributed by atoms with E-state index in [9.17, 15) is 0 Å². The van der Waals surface area contributed by atoms with E-state index in [0.717, 1.165) is 37.7 Å². The van der Waals surface area contributed by atoms with Crippen molar-refractivity contribution in [3.05, 3.63) is 59.7 Å². The molecule has 28 heavy (non-hydrogen) atoms. The summed E-state index contributed by atoms with van der Waals surface area (Å²) in [6, 6.07) is 16.4. The van der Waals surface area contributed by atoms with E-state index in [0.29, 0.717) is 12.5 Å². The van der Waals surface area contributed by atoms with Gasteiger partial charge in [0.1, 0.15) is 5.75 Å². The molecule has 1 aliphatic rings. The lowest BCUT2D eigenvalue weighted by atomic mass is 10.0. The second-order valence-electron chi connectivity index (χ2n) is 6.63. The van der Waals surface area contributed by atoms with Crippen LogP contribution in [0.1, 0.15) is 17.2 Å². The van der Waals surface area contributed by atoms with Crippen molar-refractivity contribution in [3.63, 3.8) is 0 Å². The number of halogens is 1. The van der Waals surface area contributed by atoms with Gasteiger partial charge in [0.25, 0.3) is 0 Å². The number of aliphatic imine (C=N–C) groups is 1. The van der Waals surface area contributed by atoms with E-state index in [2.05, 4.69) is 46.4 Å². The Morgan fingerprint density at radius 2 is 1.96 bits per heavy atom. The molecule has 6 nitrogen and oxygen atoms in total. The van der Waals surface area contributed by atoms with Gasteiger partial charge in [0.2, 0.25) is 0 Å². The van der Waals surface area contributed by atoms with Crippen LogP contribution in [0.2, 0.25) is 0 Å². The summed E-state index contributed by atoms with van der Waals surface area (Å²) in [5, 5.41) is 3.14. The van der Waals surface area contributed by atoms with Gasteiger partial charge in [0.05, 0.1) is 38.6 Å². The number of hydrogen-bond donors (Lipinski definition) is 2. The number of methoxy groups -OCH3 is 1. The summed E-state index contributed by atoms with van der Waals surface area (Å²) in [7, 11) is 1.64. The lowest BCUT2D eigenvalue weighted by Gasteiger charge is -2.34. The Balaban J connectivity index is 0.00000280. The van der Waals surface area contributed by atoms with Crippen molar-refractivity contribution < 1.29 is 9.47 Å². The van der Waals surface area contributed by atoms with E-state index in [1.165, 1.54) is 11.1 Å². The van der Waals surface area contributed by atoms with Gasteiger partial charge in [0.15, 0.2) is 5.96 Å². The minimum absolute atomic E-state index is 0. The predicted molar refractivity (Wildman–Crippen MR) is 125 cm³/mol. The molecule has 0 aliphatic carbocycles. The van der Waals surface area contributed by atoms with Crippen LogP contribution in [0.4, 0.5) is 5.69 Å². The minimum atomic E-state index is 0. The fourth-order valence-corrected chi connectivity index (χ4v) is 3.31. The number of nitrogens with two attached hydrogens (primary N) is 1. The molecule has 3 N–H and O–H groups in total. The molecule has 1 atom stereocenters.